The minimum Gasteiger partial charge on any atom is -0.478 e. The highest BCUT2D eigenvalue weighted by atomic mass is 127. The van der Waals surface area contributed by atoms with Crippen molar-refractivity contribution in [1.82, 2.24) is 0 Å². The monoisotopic (exact) mass is 298 g/mol. The van der Waals surface area contributed by atoms with E-state index in [-0.39, 0.29) is 12.4 Å². The van der Waals surface area contributed by atoms with E-state index >= 15 is 0 Å². The molecular weight excluding hydrogens is 290 g/mol. The van der Waals surface area contributed by atoms with Crippen LogP contribution in [0.2, 0.25) is 0 Å². The van der Waals surface area contributed by atoms with Crippen LogP contribution in [0.1, 0.15) is 15.9 Å². The molecule has 1 rings (SSSR count). The third-order valence-corrected chi connectivity index (χ3v) is 2.67. The first-order valence-electron chi connectivity index (χ1n) is 3.11. The standard InChI is InChI=1S/C8H7IO2.ClH/c1-5-6(8(10)11)3-2-4-7(5)9;/h2-4H,1H3,(H,10,11);1H. The smallest absolute Gasteiger partial charge is 0.335 e. The Balaban J connectivity index is 0.00000121. The van der Waals surface area contributed by atoms with Crippen molar-refractivity contribution in [1.29, 1.82) is 0 Å². The van der Waals surface area contributed by atoms with Gasteiger partial charge in [0.2, 0.25) is 0 Å². The van der Waals surface area contributed by atoms with Crippen molar-refractivity contribution in [2.75, 3.05) is 0 Å². The molecule has 0 heterocycles. The molecular formula is C8H8ClIO2. The molecule has 4 heteroatoms. The summed E-state index contributed by atoms with van der Waals surface area (Å²) in [5.41, 5.74) is 1.22. The maximum absolute atomic E-state index is 10.6. The van der Waals surface area contributed by atoms with Gasteiger partial charge < -0.3 is 5.11 Å². The molecule has 2 nitrogen and oxygen atoms in total. The quantitative estimate of drug-likeness (QED) is 0.810. The van der Waals surface area contributed by atoms with Gasteiger partial charge in [0.05, 0.1) is 5.56 Å². The summed E-state index contributed by atoms with van der Waals surface area (Å²) in [5, 5.41) is 8.69. The number of carboxylic acids is 1. The van der Waals surface area contributed by atoms with Gasteiger partial charge in [-0.15, -0.1) is 12.4 Å². The fourth-order valence-electron chi connectivity index (χ4n) is 0.839. The van der Waals surface area contributed by atoms with E-state index in [2.05, 4.69) is 22.6 Å². The van der Waals surface area contributed by atoms with Crippen molar-refractivity contribution < 1.29 is 9.90 Å². The zero-order chi connectivity index (χ0) is 8.43. The Bertz CT molecular complexity index is 299. The summed E-state index contributed by atoms with van der Waals surface area (Å²) < 4.78 is 0.988. The Morgan fingerprint density at radius 2 is 2.08 bits per heavy atom. The molecule has 0 saturated carbocycles. The molecule has 0 aliphatic heterocycles. The maximum atomic E-state index is 10.6. The van der Waals surface area contributed by atoms with Gasteiger partial charge in [-0.1, -0.05) is 6.07 Å². The molecule has 1 N–H and O–H groups in total. The molecule has 0 spiro atoms. The van der Waals surface area contributed by atoms with Crippen molar-refractivity contribution in [3.63, 3.8) is 0 Å². The zero-order valence-electron chi connectivity index (χ0n) is 6.37. The zero-order valence-corrected chi connectivity index (χ0v) is 9.35. The first-order valence-corrected chi connectivity index (χ1v) is 4.19. The fraction of sp³-hybridized carbons (Fsp3) is 0.125. The summed E-state index contributed by atoms with van der Waals surface area (Å²) in [4.78, 5) is 10.6. The highest BCUT2D eigenvalue weighted by molar-refractivity contribution is 14.1. The van der Waals surface area contributed by atoms with Crippen LogP contribution in [-0.2, 0) is 0 Å². The third kappa shape index (κ3) is 2.35. The summed E-state index contributed by atoms with van der Waals surface area (Å²) in [6.07, 6.45) is 0. The normalized spacial score (nSPS) is 8.83. The molecule has 0 amide bonds. The van der Waals surface area contributed by atoms with Gasteiger partial charge in [-0.2, -0.15) is 0 Å². The maximum Gasteiger partial charge on any atom is 0.335 e. The third-order valence-electron chi connectivity index (χ3n) is 1.50. The van der Waals surface area contributed by atoms with E-state index in [9.17, 15) is 4.79 Å². The number of benzene rings is 1. The van der Waals surface area contributed by atoms with Crippen LogP contribution in [0.25, 0.3) is 0 Å². The lowest BCUT2D eigenvalue weighted by Crippen LogP contribution is -2.00. The SMILES string of the molecule is Cc1c(I)cccc1C(=O)O.Cl. The molecule has 0 bridgehead atoms. The molecule has 12 heavy (non-hydrogen) atoms. The van der Waals surface area contributed by atoms with Crippen molar-refractivity contribution in [2.45, 2.75) is 6.92 Å². The first kappa shape index (κ1) is 11.7. The average Bonchev–Trinajstić information content (AvgIpc) is 1.94. The summed E-state index contributed by atoms with van der Waals surface area (Å²) >= 11 is 2.12. The molecule has 0 saturated heterocycles. The van der Waals surface area contributed by atoms with Crippen LogP contribution in [-0.4, -0.2) is 11.1 Å². The number of aromatic carboxylic acids is 1. The Kier molecular flexibility index (Phi) is 4.55. The predicted molar refractivity (Wildman–Crippen MR) is 58.1 cm³/mol. The van der Waals surface area contributed by atoms with Crippen LogP contribution < -0.4 is 0 Å². The van der Waals surface area contributed by atoms with Crippen LogP contribution in [0.3, 0.4) is 0 Å². The van der Waals surface area contributed by atoms with E-state index in [1.165, 1.54) is 0 Å². The Labute approximate surface area is 90.5 Å². The van der Waals surface area contributed by atoms with E-state index in [1.54, 1.807) is 12.1 Å². The van der Waals surface area contributed by atoms with Gasteiger partial charge >= 0.3 is 5.97 Å². The largest absolute Gasteiger partial charge is 0.478 e. The van der Waals surface area contributed by atoms with E-state index in [4.69, 9.17) is 5.11 Å². The molecule has 0 aliphatic rings. The van der Waals surface area contributed by atoms with Gasteiger partial charge in [0, 0.05) is 3.57 Å². The van der Waals surface area contributed by atoms with Gasteiger partial charge in [0.15, 0.2) is 0 Å². The van der Waals surface area contributed by atoms with Crippen molar-refractivity contribution in [3.05, 3.63) is 32.9 Å². The minimum atomic E-state index is -0.860. The molecule has 0 aromatic heterocycles. The van der Waals surface area contributed by atoms with Crippen LogP contribution >= 0.6 is 35.0 Å². The molecule has 0 atom stereocenters. The number of carbonyl (C=O) groups is 1. The summed E-state index contributed by atoms with van der Waals surface area (Å²) in [6.45, 7) is 1.81. The lowest BCUT2D eigenvalue weighted by atomic mass is 10.1. The molecule has 1 aromatic carbocycles. The van der Waals surface area contributed by atoms with Crippen LogP contribution in [0.4, 0.5) is 0 Å². The minimum absolute atomic E-state index is 0. The van der Waals surface area contributed by atoms with Crippen molar-refractivity contribution in [3.8, 4) is 0 Å². The first-order chi connectivity index (χ1) is 5.13. The Hall–Kier alpha value is -0.290. The second kappa shape index (κ2) is 4.67. The van der Waals surface area contributed by atoms with Crippen molar-refractivity contribution in [2.24, 2.45) is 0 Å². The summed E-state index contributed by atoms with van der Waals surface area (Å²) in [7, 11) is 0. The van der Waals surface area contributed by atoms with Gasteiger partial charge in [0.1, 0.15) is 0 Å². The number of halogens is 2. The molecule has 1 aromatic rings. The predicted octanol–water partition coefficient (Wildman–Crippen LogP) is 2.72. The molecule has 0 unspecified atom stereocenters. The lowest BCUT2D eigenvalue weighted by molar-refractivity contribution is 0.0696. The molecule has 0 aliphatic carbocycles. The van der Waals surface area contributed by atoms with Crippen LogP contribution in [0.15, 0.2) is 18.2 Å². The van der Waals surface area contributed by atoms with Gasteiger partial charge in [-0.3, -0.25) is 0 Å². The van der Waals surface area contributed by atoms with E-state index in [1.807, 2.05) is 13.0 Å². The van der Waals surface area contributed by atoms with Crippen LogP contribution in [0.5, 0.6) is 0 Å². The number of hydrogen-bond donors (Lipinski definition) is 1. The van der Waals surface area contributed by atoms with Crippen molar-refractivity contribution >= 4 is 41.0 Å². The highest BCUT2D eigenvalue weighted by Gasteiger charge is 2.07. The number of carboxylic acid groups (broad SMARTS) is 1. The molecule has 0 fully saturated rings. The molecule has 0 radical (unpaired) electrons. The average molecular weight is 299 g/mol. The highest BCUT2D eigenvalue weighted by Crippen LogP contribution is 2.15. The number of hydrogen-bond acceptors (Lipinski definition) is 1. The van der Waals surface area contributed by atoms with E-state index in [0.29, 0.717) is 5.56 Å². The number of rotatable bonds is 1. The lowest BCUT2D eigenvalue weighted by Gasteiger charge is -2.00. The summed E-state index contributed by atoms with van der Waals surface area (Å²) in [6, 6.07) is 5.25. The van der Waals surface area contributed by atoms with Crippen LogP contribution in [0, 0.1) is 10.5 Å². The fourth-order valence-corrected chi connectivity index (χ4v) is 1.34. The second-order valence-electron chi connectivity index (χ2n) is 2.22. The van der Waals surface area contributed by atoms with Gasteiger partial charge in [-0.25, -0.2) is 4.79 Å². The molecule has 66 valence electrons. The Morgan fingerprint density at radius 3 is 2.50 bits per heavy atom. The van der Waals surface area contributed by atoms with E-state index in [0.717, 1.165) is 9.13 Å². The van der Waals surface area contributed by atoms with Gasteiger partial charge in [0.25, 0.3) is 0 Å². The Morgan fingerprint density at radius 1 is 1.50 bits per heavy atom. The van der Waals surface area contributed by atoms with Gasteiger partial charge in [-0.05, 0) is 47.2 Å². The summed E-state index contributed by atoms with van der Waals surface area (Å²) in [5.74, 6) is -0.860. The topological polar surface area (TPSA) is 37.3 Å². The second-order valence-corrected chi connectivity index (χ2v) is 3.38. The van der Waals surface area contributed by atoms with E-state index < -0.39 is 5.97 Å².